The van der Waals surface area contributed by atoms with E-state index < -0.39 is 5.97 Å². The number of methoxy groups -OCH3 is 1. The summed E-state index contributed by atoms with van der Waals surface area (Å²) in [5, 5.41) is 4.42. The van der Waals surface area contributed by atoms with Crippen molar-refractivity contribution in [2.75, 3.05) is 46.4 Å². The van der Waals surface area contributed by atoms with Gasteiger partial charge in [-0.15, -0.1) is 0 Å². The summed E-state index contributed by atoms with van der Waals surface area (Å²) in [6.45, 7) is 1.92. The van der Waals surface area contributed by atoms with E-state index in [0.29, 0.717) is 52.0 Å². The van der Waals surface area contributed by atoms with Crippen molar-refractivity contribution in [2.24, 2.45) is 0 Å². The number of nitrogens with one attached hydrogen (secondary N) is 2. The molecular formula is C25H28N4O5S. The van der Waals surface area contributed by atoms with Crippen LogP contribution in [0.3, 0.4) is 0 Å². The van der Waals surface area contributed by atoms with E-state index in [1.54, 1.807) is 24.3 Å². The van der Waals surface area contributed by atoms with Gasteiger partial charge in [0.25, 0.3) is 5.56 Å². The van der Waals surface area contributed by atoms with Gasteiger partial charge >= 0.3 is 5.97 Å². The minimum atomic E-state index is -0.459. The number of anilines is 1. The Morgan fingerprint density at radius 3 is 2.63 bits per heavy atom. The summed E-state index contributed by atoms with van der Waals surface area (Å²) < 4.78 is 15.8. The number of carbonyl (C=O) groups is 1. The Labute approximate surface area is 208 Å². The number of fused-ring (bicyclic) bond motifs is 2. The summed E-state index contributed by atoms with van der Waals surface area (Å²) in [5.41, 5.74) is 1.96. The molecule has 184 valence electrons. The highest BCUT2D eigenvalue weighted by Crippen LogP contribution is 2.35. The van der Waals surface area contributed by atoms with Crippen molar-refractivity contribution in [3.05, 3.63) is 63.9 Å². The SMILES string of the molecule is COC(=O)c1ccccc1NC(=S)N(CCCN(C)C)Cc1cc2cc3c(cc2[nH]c1=O)OCO3. The summed E-state index contributed by atoms with van der Waals surface area (Å²) in [5.74, 6) is 0.801. The molecule has 4 rings (SSSR count). The van der Waals surface area contributed by atoms with E-state index >= 15 is 0 Å². The molecule has 0 saturated carbocycles. The fraction of sp³-hybridized carbons (Fsp3) is 0.320. The van der Waals surface area contributed by atoms with Crippen molar-refractivity contribution < 1.29 is 19.0 Å². The molecule has 0 saturated heterocycles. The fourth-order valence-electron chi connectivity index (χ4n) is 3.87. The zero-order chi connectivity index (χ0) is 24.9. The normalized spacial score (nSPS) is 12.1. The zero-order valence-electron chi connectivity index (χ0n) is 19.9. The van der Waals surface area contributed by atoms with Gasteiger partial charge in [0.2, 0.25) is 6.79 Å². The van der Waals surface area contributed by atoms with E-state index in [0.717, 1.165) is 18.4 Å². The Morgan fingerprint density at radius 1 is 1.14 bits per heavy atom. The monoisotopic (exact) mass is 496 g/mol. The highest BCUT2D eigenvalue weighted by molar-refractivity contribution is 7.80. The first kappa shape index (κ1) is 24.5. The number of aromatic amines is 1. The number of esters is 1. The van der Waals surface area contributed by atoms with E-state index in [2.05, 4.69) is 15.2 Å². The van der Waals surface area contributed by atoms with Crippen LogP contribution >= 0.6 is 12.2 Å². The molecule has 0 fully saturated rings. The van der Waals surface area contributed by atoms with E-state index in [-0.39, 0.29) is 12.4 Å². The number of ether oxygens (including phenoxy) is 3. The van der Waals surface area contributed by atoms with E-state index in [1.165, 1.54) is 7.11 Å². The first-order valence-electron chi connectivity index (χ1n) is 11.2. The smallest absolute Gasteiger partial charge is 0.339 e. The summed E-state index contributed by atoms with van der Waals surface area (Å²) >= 11 is 5.72. The molecule has 2 aromatic carbocycles. The van der Waals surface area contributed by atoms with Crippen LogP contribution in [0.15, 0.2) is 47.3 Å². The first-order valence-corrected chi connectivity index (χ1v) is 11.6. The second-order valence-electron chi connectivity index (χ2n) is 8.46. The third-order valence-electron chi connectivity index (χ3n) is 5.67. The van der Waals surface area contributed by atoms with Gasteiger partial charge in [0.15, 0.2) is 16.6 Å². The van der Waals surface area contributed by atoms with Crippen molar-refractivity contribution >= 4 is 39.9 Å². The summed E-state index contributed by atoms with van der Waals surface area (Å²) in [6.07, 6.45) is 0.831. The number of thiocarbonyl (C=S) groups is 1. The number of para-hydroxylation sites is 1. The Kier molecular flexibility index (Phi) is 7.52. The van der Waals surface area contributed by atoms with Crippen LogP contribution in [0.1, 0.15) is 22.3 Å². The van der Waals surface area contributed by atoms with Gasteiger partial charge in [-0.25, -0.2) is 4.79 Å². The molecule has 1 aliphatic rings. The van der Waals surface area contributed by atoms with Gasteiger partial charge in [0.05, 0.1) is 30.4 Å². The molecule has 10 heteroatoms. The van der Waals surface area contributed by atoms with Crippen molar-refractivity contribution in [1.82, 2.24) is 14.8 Å². The van der Waals surface area contributed by atoms with Crippen LogP contribution in [-0.4, -0.2) is 67.0 Å². The Morgan fingerprint density at radius 2 is 1.89 bits per heavy atom. The molecule has 0 spiro atoms. The van der Waals surface area contributed by atoms with Gasteiger partial charge in [0.1, 0.15) is 0 Å². The van der Waals surface area contributed by atoms with Gasteiger partial charge in [-0.3, -0.25) is 4.79 Å². The van der Waals surface area contributed by atoms with Crippen LogP contribution in [0, 0.1) is 0 Å². The second kappa shape index (κ2) is 10.7. The molecular weight excluding hydrogens is 468 g/mol. The quantitative estimate of drug-likeness (QED) is 0.360. The molecule has 0 atom stereocenters. The van der Waals surface area contributed by atoms with Crippen molar-refractivity contribution in [2.45, 2.75) is 13.0 Å². The third kappa shape index (κ3) is 5.72. The van der Waals surface area contributed by atoms with Crippen LogP contribution in [-0.2, 0) is 11.3 Å². The molecule has 0 bridgehead atoms. The molecule has 0 aliphatic carbocycles. The topological polar surface area (TPSA) is 96.1 Å². The number of rotatable bonds is 8. The largest absolute Gasteiger partial charge is 0.465 e. The predicted octanol–water partition coefficient (Wildman–Crippen LogP) is 3.19. The maximum Gasteiger partial charge on any atom is 0.339 e. The number of carbonyl (C=O) groups excluding carboxylic acids is 1. The molecule has 9 nitrogen and oxygen atoms in total. The van der Waals surface area contributed by atoms with E-state index in [4.69, 9.17) is 26.4 Å². The molecule has 2 N–H and O–H groups in total. The van der Waals surface area contributed by atoms with Crippen LogP contribution < -0.4 is 20.3 Å². The second-order valence-corrected chi connectivity index (χ2v) is 8.85. The number of hydrogen-bond acceptors (Lipinski definition) is 7. The summed E-state index contributed by atoms with van der Waals surface area (Å²) in [6, 6.07) is 12.5. The van der Waals surface area contributed by atoms with Gasteiger partial charge in [0, 0.05) is 23.6 Å². The maximum atomic E-state index is 12.9. The fourth-order valence-corrected chi connectivity index (χ4v) is 4.13. The Balaban J connectivity index is 1.60. The van der Waals surface area contributed by atoms with Crippen molar-refractivity contribution in [3.63, 3.8) is 0 Å². The van der Waals surface area contributed by atoms with E-state index in [1.807, 2.05) is 37.2 Å². The minimum Gasteiger partial charge on any atom is -0.465 e. The Hall–Kier alpha value is -3.63. The maximum absolute atomic E-state index is 12.9. The average molecular weight is 497 g/mol. The third-order valence-corrected chi connectivity index (χ3v) is 6.03. The van der Waals surface area contributed by atoms with Crippen LogP contribution in [0.2, 0.25) is 0 Å². The molecule has 1 aromatic heterocycles. The molecule has 3 aromatic rings. The van der Waals surface area contributed by atoms with Crippen molar-refractivity contribution in [1.29, 1.82) is 0 Å². The number of aromatic nitrogens is 1. The highest BCUT2D eigenvalue weighted by atomic mass is 32.1. The first-order chi connectivity index (χ1) is 16.9. The summed E-state index contributed by atoms with van der Waals surface area (Å²) in [4.78, 5) is 32.1. The van der Waals surface area contributed by atoms with Gasteiger partial charge in [-0.1, -0.05) is 12.1 Å². The van der Waals surface area contributed by atoms with Crippen molar-refractivity contribution in [3.8, 4) is 11.5 Å². The number of pyridine rings is 1. The molecule has 1 aliphatic heterocycles. The lowest BCUT2D eigenvalue weighted by molar-refractivity contribution is 0.0602. The van der Waals surface area contributed by atoms with Crippen LogP contribution in [0.25, 0.3) is 10.9 Å². The minimum absolute atomic E-state index is 0.162. The van der Waals surface area contributed by atoms with Gasteiger partial charge in [-0.05, 0) is 63.5 Å². The number of H-pyrrole nitrogens is 1. The molecule has 35 heavy (non-hydrogen) atoms. The molecule has 0 radical (unpaired) electrons. The molecule has 2 heterocycles. The average Bonchev–Trinajstić information content (AvgIpc) is 3.29. The molecule has 0 amide bonds. The zero-order valence-corrected chi connectivity index (χ0v) is 20.7. The van der Waals surface area contributed by atoms with E-state index in [9.17, 15) is 9.59 Å². The van der Waals surface area contributed by atoms with Crippen LogP contribution in [0.5, 0.6) is 11.5 Å². The van der Waals surface area contributed by atoms with Gasteiger partial charge in [-0.2, -0.15) is 0 Å². The predicted molar refractivity (Wildman–Crippen MR) is 138 cm³/mol. The number of hydrogen-bond donors (Lipinski definition) is 2. The lowest BCUT2D eigenvalue weighted by Crippen LogP contribution is -2.38. The number of nitrogens with zero attached hydrogens (tertiary/aromatic N) is 2. The lowest BCUT2D eigenvalue weighted by Gasteiger charge is -2.27. The lowest BCUT2D eigenvalue weighted by atomic mass is 10.1. The molecule has 0 unspecified atom stereocenters. The standard InChI is InChI=1S/C25H28N4O5S/c1-28(2)9-6-10-29(25(35)27-19-8-5-4-7-18(19)24(31)32-3)14-17-11-16-12-21-22(34-15-33-21)13-20(16)26-23(17)30/h4-5,7-8,11-13H,6,9-10,14-15H2,1-3H3,(H,26,30)(H,27,35). The number of benzene rings is 2. The van der Waals surface area contributed by atoms with Crippen LogP contribution in [0.4, 0.5) is 5.69 Å². The Bertz CT molecular complexity index is 1310. The summed E-state index contributed by atoms with van der Waals surface area (Å²) in [7, 11) is 5.35. The van der Waals surface area contributed by atoms with Gasteiger partial charge < -0.3 is 34.3 Å². The highest BCUT2D eigenvalue weighted by Gasteiger charge is 2.19.